The van der Waals surface area contributed by atoms with E-state index < -0.39 is 0 Å². The van der Waals surface area contributed by atoms with Gasteiger partial charge in [0.25, 0.3) is 0 Å². The van der Waals surface area contributed by atoms with Gasteiger partial charge in [0.15, 0.2) is 0 Å². The highest BCUT2D eigenvalue weighted by atomic mass is 35.5. The van der Waals surface area contributed by atoms with Gasteiger partial charge in [-0.05, 0) is 25.7 Å². The predicted molar refractivity (Wildman–Crippen MR) is 62.4 cm³/mol. The van der Waals surface area contributed by atoms with Crippen LogP contribution in [0.15, 0.2) is 12.4 Å². The minimum atomic E-state index is 0.681. The van der Waals surface area contributed by atoms with Crippen LogP contribution in [0.3, 0.4) is 0 Å². The zero-order valence-corrected chi connectivity index (χ0v) is 9.74. The Labute approximate surface area is 95.5 Å². The number of aryl methyl sites for hydroxylation is 1. The van der Waals surface area contributed by atoms with Crippen molar-refractivity contribution in [1.29, 1.82) is 0 Å². The van der Waals surface area contributed by atoms with E-state index in [1.54, 1.807) is 6.20 Å². The fraction of sp³-hybridized carbons (Fsp3) is 0.636. The molecule has 1 aromatic rings. The third kappa shape index (κ3) is 2.59. The quantitative estimate of drug-likeness (QED) is 0.723. The van der Waals surface area contributed by atoms with Crippen molar-refractivity contribution in [3.8, 4) is 0 Å². The van der Waals surface area contributed by atoms with Gasteiger partial charge in [-0.15, -0.1) is 11.6 Å². The number of piperidine rings is 1. The summed E-state index contributed by atoms with van der Waals surface area (Å²) >= 11 is 5.85. The monoisotopic (exact) mass is 225 g/mol. The smallest absolute Gasteiger partial charge is 0.147 e. The van der Waals surface area contributed by atoms with E-state index in [0.717, 1.165) is 30.5 Å². The lowest BCUT2D eigenvalue weighted by Crippen LogP contribution is -2.34. The number of halogens is 1. The van der Waals surface area contributed by atoms with E-state index in [0.29, 0.717) is 5.92 Å². The molecule has 1 aliphatic rings. The number of hydrogen-bond donors (Lipinski definition) is 0. The van der Waals surface area contributed by atoms with Crippen molar-refractivity contribution < 1.29 is 0 Å². The van der Waals surface area contributed by atoms with Crippen molar-refractivity contribution in [3.05, 3.63) is 18.1 Å². The summed E-state index contributed by atoms with van der Waals surface area (Å²) in [6, 6.07) is 0. The zero-order valence-electron chi connectivity index (χ0n) is 8.99. The maximum Gasteiger partial charge on any atom is 0.147 e. The minimum absolute atomic E-state index is 0.681. The SMILES string of the molecule is Cc1cncc(N2CCC(CCl)CC2)n1. The molecule has 0 aliphatic carbocycles. The molecule has 0 unspecified atom stereocenters. The van der Waals surface area contributed by atoms with Crippen molar-refractivity contribution >= 4 is 17.4 Å². The van der Waals surface area contributed by atoms with Gasteiger partial charge in [0.05, 0.1) is 11.9 Å². The molecule has 2 rings (SSSR count). The molecule has 1 saturated heterocycles. The molecule has 1 aromatic heterocycles. The fourth-order valence-corrected chi connectivity index (χ4v) is 2.23. The van der Waals surface area contributed by atoms with E-state index in [4.69, 9.17) is 11.6 Å². The number of aromatic nitrogens is 2. The molecule has 0 spiro atoms. The van der Waals surface area contributed by atoms with Gasteiger partial charge in [0.2, 0.25) is 0 Å². The Morgan fingerprint density at radius 1 is 1.40 bits per heavy atom. The molecular weight excluding hydrogens is 210 g/mol. The zero-order chi connectivity index (χ0) is 10.7. The second-order valence-corrected chi connectivity index (χ2v) is 4.41. The Bertz CT molecular complexity index is 321. The van der Waals surface area contributed by atoms with Crippen LogP contribution in [0.5, 0.6) is 0 Å². The summed E-state index contributed by atoms with van der Waals surface area (Å²) < 4.78 is 0. The number of rotatable bonds is 2. The normalized spacial score (nSPS) is 18.1. The van der Waals surface area contributed by atoms with Crippen LogP contribution < -0.4 is 4.90 Å². The van der Waals surface area contributed by atoms with Gasteiger partial charge in [-0.2, -0.15) is 0 Å². The van der Waals surface area contributed by atoms with Crippen LogP contribution in [0.25, 0.3) is 0 Å². The summed E-state index contributed by atoms with van der Waals surface area (Å²) in [7, 11) is 0. The maximum absolute atomic E-state index is 5.85. The first-order valence-corrected chi connectivity index (χ1v) is 5.92. The van der Waals surface area contributed by atoms with Crippen LogP contribution >= 0.6 is 11.6 Å². The van der Waals surface area contributed by atoms with Gasteiger partial charge in [0, 0.05) is 25.2 Å². The van der Waals surface area contributed by atoms with E-state index in [1.165, 1.54) is 12.8 Å². The average molecular weight is 226 g/mol. The summed E-state index contributed by atoms with van der Waals surface area (Å²) in [4.78, 5) is 10.9. The molecule has 0 radical (unpaired) electrons. The average Bonchev–Trinajstić information content (AvgIpc) is 2.29. The van der Waals surface area contributed by atoms with E-state index in [1.807, 2.05) is 13.1 Å². The van der Waals surface area contributed by atoms with Crippen LogP contribution in [0.4, 0.5) is 5.82 Å². The van der Waals surface area contributed by atoms with E-state index in [9.17, 15) is 0 Å². The van der Waals surface area contributed by atoms with Gasteiger partial charge < -0.3 is 4.90 Å². The van der Waals surface area contributed by atoms with Crippen LogP contribution in [-0.2, 0) is 0 Å². The molecule has 0 aromatic carbocycles. The highest BCUT2D eigenvalue weighted by Crippen LogP contribution is 2.21. The first kappa shape index (κ1) is 10.7. The van der Waals surface area contributed by atoms with Gasteiger partial charge in [0.1, 0.15) is 5.82 Å². The standard InChI is InChI=1S/C11H16ClN3/c1-9-7-13-8-11(14-9)15-4-2-10(6-12)3-5-15/h7-8,10H,2-6H2,1H3. The molecule has 0 bridgehead atoms. The molecule has 0 atom stereocenters. The van der Waals surface area contributed by atoms with Crippen LogP contribution in [0.1, 0.15) is 18.5 Å². The fourth-order valence-electron chi connectivity index (χ4n) is 1.92. The second kappa shape index (κ2) is 4.79. The van der Waals surface area contributed by atoms with E-state index >= 15 is 0 Å². The molecule has 3 nitrogen and oxygen atoms in total. The summed E-state index contributed by atoms with van der Waals surface area (Å²) in [6.45, 7) is 4.08. The summed E-state index contributed by atoms with van der Waals surface area (Å²) in [6.07, 6.45) is 5.96. The van der Waals surface area contributed by atoms with Crippen molar-refractivity contribution in [2.24, 2.45) is 5.92 Å². The van der Waals surface area contributed by atoms with Crippen molar-refractivity contribution in [2.45, 2.75) is 19.8 Å². The third-order valence-electron chi connectivity index (χ3n) is 2.90. The van der Waals surface area contributed by atoms with Crippen molar-refractivity contribution in [3.63, 3.8) is 0 Å². The lowest BCUT2D eigenvalue weighted by molar-refractivity contribution is 0.440. The van der Waals surface area contributed by atoms with E-state index in [2.05, 4.69) is 14.9 Å². The molecular formula is C11H16ClN3. The van der Waals surface area contributed by atoms with Crippen molar-refractivity contribution in [1.82, 2.24) is 9.97 Å². The molecule has 4 heteroatoms. The Morgan fingerprint density at radius 2 is 2.13 bits per heavy atom. The minimum Gasteiger partial charge on any atom is -0.355 e. The topological polar surface area (TPSA) is 29.0 Å². The number of anilines is 1. The molecule has 0 N–H and O–H groups in total. The van der Waals surface area contributed by atoms with Crippen LogP contribution in [-0.4, -0.2) is 28.9 Å². The van der Waals surface area contributed by atoms with Crippen molar-refractivity contribution in [2.75, 3.05) is 23.9 Å². The lowest BCUT2D eigenvalue weighted by Gasteiger charge is -2.31. The van der Waals surface area contributed by atoms with E-state index in [-0.39, 0.29) is 0 Å². The van der Waals surface area contributed by atoms with Crippen LogP contribution in [0, 0.1) is 12.8 Å². The molecule has 0 saturated carbocycles. The first-order chi connectivity index (χ1) is 7.29. The predicted octanol–water partition coefficient (Wildman–Crippen LogP) is 2.24. The summed E-state index contributed by atoms with van der Waals surface area (Å²) in [5.74, 6) is 2.47. The highest BCUT2D eigenvalue weighted by Gasteiger charge is 2.19. The molecule has 82 valence electrons. The van der Waals surface area contributed by atoms with Crippen LogP contribution in [0.2, 0.25) is 0 Å². The highest BCUT2D eigenvalue weighted by molar-refractivity contribution is 6.18. The Hall–Kier alpha value is -0.830. The van der Waals surface area contributed by atoms with Gasteiger partial charge >= 0.3 is 0 Å². The maximum atomic E-state index is 5.85. The molecule has 1 fully saturated rings. The largest absolute Gasteiger partial charge is 0.355 e. The molecule has 15 heavy (non-hydrogen) atoms. The van der Waals surface area contributed by atoms with Gasteiger partial charge in [-0.3, -0.25) is 4.98 Å². The summed E-state index contributed by atoms with van der Waals surface area (Å²) in [5.41, 5.74) is 0.979. The molecule has 0 amide bonds. The Balaban J connectivity index is 2.01. The number of alkyl halides is 1. The Morgan fingerprint density at radius 3 is 2.73 bits per heavy atom. The number of hydrogen-bond acceptors (Lipinski definition) is 3. The number of nitrogens with zero attached hydrogens (tertiary/aromatic N) is 3. The van der Waals surface area contributed by atoms with Gasteiger partial charge in [-0.1, -0.05) is 0 Å². The first-order valence-electron chi connectivity index (χ1n) is 5.39. The molecule has 2 heterocycles. The second-order valence-electron chi connectivity index (χ2n) is 4.10. The Kier molecular flexibility index (Phi) is 3.41. The summed E-state index contributed by atoms with van der Waals surface area (Å²) in [5, 5.41) is 0. The molecule has 1 aliphatic heterocycles. The lowest BCUT2D eigenvalue weighted by atomic mass is 9.99. The van der Waals surface area contributed by atoms with Gasteiger partial charge in [-0.25, -0.2) is 4.98 Å². The third-order valence-corrected chi connectivity index (χ3v) is 3.34.